The molecule has 18 heavy (non-hydrogen) atoms. The number of nitrogens with two attached hydrogens (primary N) is 1. The summed E-state index contributed by atoms with van der Waals surface area (Å²) in [4.78, 5) is 4.95. The van der Waals surface area contributed by atoms with Crippen molar-refractivity contribution < 1.29 is 0 Å². The maximum Gasteiger partial charge on any atom is 0.0367 e. The number of rotatable bonds is 3. The molecule has 1 aromatic rings. The van der Waals surface area contributed by atoms with Gasteiger partial charge in [-0.05, 0) is 56.0 Å². The van der Waals surface area contributed by atoms with Gasteiger partial charge in [0.25, 0.3) is 0 Å². The van der Waals surface area contributed by atoms with Crippen LogP contribution in [-0.4, -0.2) is 32.7 Å². The smallest absolute Gasteiger partial charge is 0.0367 e. The molecule has 2 heterocycles. The average Bonchev–Trinajstić information content (AvgIpc) is 3.10. The molecular weight excluding hydrogens is 222 g/mol. The molecule has 0 spiro atoms. The quantitative estimate of drug-likeness (QED) is 0.885. The van der Waals surface area contributed by atoms with Gasteiger partial charge in [-0.15, -0.1) is 0 Å². The highest BCUT2D eigenvalue weighted by Crippen LogP contribution is 2.27. The van der Waals surface area contributed by atoms with Crippen LogP contribution in [0, 0.1) is 5.92 Å². The van der Waals surface area contributed by atoms with Gasteiger partial charge in [0.2, 0.25) is 0 Å². The van der Waals surface area contributed by atoms with Crippen LogP contribution in [0.1, 0.15) is 19.3 Å². The van der Waals surface area contributed by atoms with Crippen molar-refractivity contribution >= 4 is 11.4 Å². The Balaban J connectivity index is 1.67. The third-order valence-electron chi connectivity index (χ3n) is 4.31. The highest BCUT2D eigenvalue weighted by molar-refractivity contribution is 5.57. The lowest BCUT2D eigenvalue weighted by molar-refractivity contribution is 0.602. The number of benzene rings is 1. The Hall–Kier alpha value is -1.22. The molecule has 2 aliphatic rings. The van der Waals surface area contributed by atoms with Crippen molar-refractivity contribution in [1.82, 2.24) is 0 Å². The molecule has 3 heteroatoms. The third-order valence-corrected chi connectivity index (χ3v) is 4.31. The Morgan fingerprint density at radius 2 is 1.56 bits per heavy atom. The minimum Gasteiger partial charge on any atom is -0.372 e. The molecule has 2 saturated heterocycles. The summed E-state index contributed by atoms with van der Waals surface area (Å²) in [5.74, 6) is 0.684. The third kappa shape index (κ3) is 2.32. The van der Waals surface area contributed by atoms with Crippen molar-refractivity contribution in [2.45, 2.75) is 19.3 Å². The second kappa shape index (κ2) is 5.19. The van der Waals surface area contributed by atoms with Crippen LogP contribution in [0.3, 0.4) is 0 Å². The zero-order valence-electron chi connectivity index (χ0n) is 11.0. The Bertz CT molecular complexity index is 381. The first-order valence-electron chi connectivity index (χ1n) is 7.17. The van der Waals surface area contributed by atoms with Crippen molar-refractivity contribution in [3.05, 3.63) is 24.3 Å². The fourth-order valence-electron chi connectivity index (χ4n) is 3.11. The number of hydrogen-bond donors (Lipinski definition) is 1. The van der Waals surface area contributed by atoms with Crippen LogP contribution < -0.4 is 15.5 Å². The summed E-state index contributed by atoms with van der Waals surface area (Å²) in [6.45, 7) is 5.55. The molecule has 2 N–H and O–H groups in total. The van der Waals surface area contributed by atoms with E-state index in [1.807, 2.05) is 0 Å². The Morgan fingerprint density at radius 3 is 2.11 bits per heavy atom. The normalized spacial score (nSPS) is 23.9. The van der Waals surface area contributed by atoms with E-state index < -0.39 is 0 Å². The first kappa shape index (κ1) is 11.8. The summed E-state index contributed by atoms with van der Waals surface area (Å²) < 4.78 is 0. The van der Waals surface area contributed by atoms with Gasteiger partial charge in [0.15, 0.2) is 0 Å². The molecule has 0 aromatic heterocycles. The van der Waals surface area contributed by atoms with Gasteiger partial charge in [-0.1, -0.05) is 0 Å². The lowest BCUT2D eigenvalue weighted by Crippen LogP contribution is -2.22. The predicted octanol–water partition coefficient (Wildman–Crippen LogP) is 2.07. The van der Waals surface area contributed by atoms with E-state index in [0.29, 0.717) is 5.92 Å². The highest BCUT2D eigenvalue weighted by atomic mass is 15.2. The molecular formula is C15H23N3. The second-order valence-electron chi connectivity index (χ2n) is 5.55. The van der Waals surface area contributed by atoms with Crippen molar-refractivity contribution in [3.8, 4) is 0 Å². The van der Waals surface area contributed by atoms with Crippen LogP contribution in [0.4, 0.5) is 11.4 Å². The average molecular weight is 245 g/mol. The summed E-state index contributed by atoms with van der Waals surface area (Å²) in [7, 11) is 0. The van der Waals surface area contributed by atoms with Gasteiger partial charge in [-0.3, -0.25) is 0 Å². The maximum absolute atomic E-state index is 5.75. The van der Waals surface area contributed by atoms with Gasteiger partial charge >= 0.3 is 0 Å². The summed E-state index contributed by atoms with van der Waals surface area (Å²) >= 11 is 0. The Labute approximate surface area is 110 Å². The molecule has 0 aliphatic carbocycles. The maximum atomic E-state index is 5.75. The van der Waals surface area contributed by atoms with E-state index >= 15 is 0 Å². The standard InChI is InChI=1S/C15H23N3/c16-11-13-7-10-18(12-13)15-5-3-14(4-6-15)17-8-1-2-9-17/h3-6,13H,1-2,7-12,16H2. The zero-order chi connectivity index (χ0) is 12.4. The number of anilines is 2. The molecule has 3 nitrogen and oxygen atoms in total. The van der Waals surface area contributed by atoms with Gasteiger partial charge in [0, 0.05) is 37.6 Å². The monoisotopic (exact) mass is 245 g/mol. The predicted molar refractivity (Wildman–Crippen MR) is 77.3 cm³/mol. The molecule has 0 saturated carbocycles. The van der Waals surface area contributed by atoms with Crippen LogP contribution in [-0.2, 0) is 0 Å². The van der Waals surface area contributed by atoms with Crippen LogP contribution in [0.25, 0.3) is 0 Å². The fourth-order valence-corrected chi connectivity index (χ4v) is 3.11. The van der Waals surface area contributed by atoms with Crippen molar-refractivity contribution in [3.63, 3.8) is 0 Å². The van der Waals surface area contributed by atoms with E-state index in [1.54, 1.807) is 0 Å². The van der Waals surface area contributed by atoms with E-state index in [0.717, 1.165) is 19.6 Å². The zero-order valence-corrected chi connectivity index (χ0v) is 11.0. The minimum atomic E-state index is 0.684. The molecule has 0 bridgehead atoms. The van der Waals surface area contributed by atoms with Crippen LogP contribution in [0.2, 0.25) is 0 Å². The lowest BCUT2D eigenvalue weighted by Gasteiger charge is -2.21. The molecule has 98 valence electrons. The molecule has 0 radical (unpaired) electrons. The molecule has 1 atom stereocenters. The molecule has 2 aliphatic heterocycles. The van der Waals surface area contributed by atoms with Gasteiger partial charge in [0.05, 0.1) is 0 Å². The fraction of sp³-hybridized carbons (Fsp3) is 0.600. The Morgan fingerprint density at radius 1 is 0.944 bits per heavy atom. The van der Waals surface area contributed by atoms with Gasteiger partial charge in [-0.2, -0.15) is 0 Å². The van der Waals surface area contributed by atoms with E-state index in [4.69, 9.17) is 5.73 Å². The van der Waals surface area contributed by atoms with E-state index in [-0.39, 0.29) is 0 Å². The lowest BCUT2D eigenvalue weighted by atomic mass is 10.1. The highest BCUT2D eigenvalue weighted by Gasteiger charge is 2.21. The summed E-state index contributed by atoms with van der Waals surface area (Å²) in [5.41, 5.74) is 8.48. The van der Waals surface area contributed by atoms with Gasteiger partial charge in [-0.25, -0.2) is 0 Å². The van der Waals surface area contributed by atoms with Crippen LogP contribution in [0.15, 0.2) is 24.3 Å². The molecule has 0 amide bonds. The van der Waals surface area contributed by atoms with E-state index in [1.165, 1.54) is 43.7 Å². The van der Waals surface area contributed by atoms with Crippen molar-refractivity contribution in [2.24, 2.45) is 11.7 Å². The first-order chi connectivity index (χ1) is 8.86. The summed E-state index contributed by atoms with van der Waals surface area (Å²) in [6.07, 6.45) is 3.92. The van der Waals surface area contributed by atoms with Crippen LogP contribution in [0.5, 0.6) is 0 Å². The largest absolute Gasteiger partial charge is 0.372 e. The summed E-state index contributed by atoms with van der Waals surface area (Å²) in [6, 6.07) is 9.09. The SMILES string of the molecule is NCC1CCN(c2ccc(N3CCCC3)cc2)C1. The second-order valence-corrected chi connectivity index (χ2v) is 5.55. The van der Waals surface area contributed by atoms with Crippen LogP contribution >= 0.6 is 0 Å². The molecule has 1 unspecified atom stereocenters. The molecule has 2 fully saturated rings. The van der Waals surface area contributed by atoms with Gasteiger partial charge in [0.1, 0.15) is 0 Å². The van der Waals surface area contributed by atoms with Crippen molar-refractivity contribution in [1.29, 1.82) is 0 Å². The molecule has 3 rings (SSSR count). The van der Waals surface area contributed by atoms with Gasteiger partial charge < -0.3 is 15.5 Å². The topological polar surface area (TPSA) is 32.5 Å². The number of hydrogen-bond acceptors (Lipinski definition) is 3. The first-order valence-corrected chi connectivity index (χ1v) is 7.17. The van der Waals surface area contributed by atoms with Crippen molar-refractivity contribution in [2.75, 3.05) is 42.5 Å². The van der Waals surface area contributed by atoms with E-state index in [2.05, 4.69) is 34.1 Å². The van der Waals surface area contributed by atoms with E-state index in [9.17, 15) is 0 Å². The number of nitrogens with zero attached hydrogens (tertiary/aromatic N) is 2. The molecule has 1 aromatic carbocycles. The summed E-state index contributed by atoms with van der Waals surface area (Å²) in [5, 5.41) is 0. The Kier molecular flexibility index (Phi) is 3.41. The minimum absolute atomic E-state index is 0.684.